The van der Waals surface area contributed by atoms with Crippen LogP contribution in [0.3, 0.4) is 0 Å². The molecular weight excluding hydrogens is 284 g/mol. The van der Waals surface area contributed by atoms with E-state index in [4.69, 9.17) is 10.5 Å². The van der Waals surface area contributed by atoms with Gasteiger partial charge in [-0.15, -0.1) is 0 Å². The molecule has 1 saturated carbocycles. The second-order valence-corrected chi connectivity index (χ2v) is 6.48. The average molecular weight is 310 g/mol. The van der Waals surface area contributed by atoms with Crippen LogP contribution in [0.2, 0.25) is 0 Å². The maximum Gasteiger partial charge on any atom is 0.142 e. The van der Waals surface area contributed by atoms with Gasteiger partial charge < -0.3 is 15.8 Å². The minimum absolute atomic E-state index is 0.552. The first-order valence-corrected chi connectivity index (χ1v) is 8.51. The molecule has 0 spiro atoms. The second-order valence-electron chi connectivity index (χ2n) is 6.48. The highest BCUT2D eigenvalue weighted by Gasteiger charge is 2.19. The Morgan fingerprint density at radius 1 is 1.13 bits per heavy atom. The van der Waals surface area contributed by atoms with E-state index in [0.717, 1.165) is 36.9 Å². The minimum Gasteiger partial charge on any atom is -0.487 e. The second kappa shape index (κ2) is 7.51. The number of ether oxygens (including phenoxy) is 1. The van der Waals surface area contributed by atoms with Crippen molar-refractivity contribution < 1.29 is 4.74 Å². The van der Waals surface area contributed by atoms with Gasteiger partial charge >= 0.3 is 0 Å². The Hall–Kier alpha value is -2.00. The number of hydrogen-bond acceptors (Lipinski definition) is 3. The highest BCUT2D eigenvalue weighted by molar-refractivity contribution is 5.54. The van der Waals surface area contributed by atoms with Gasteiger partial charge in [0, 0.05) is 6.04 Å². The molecule has 0 bridgehead atoms. The highest BCUT2D eigenvalue weighted by Crippen LogP contribution is 2.24. The predicted molar refractivity (Wildman–Crippen MR) is 95.7 cm³/mol. The highest BCUT2D eigenvalue weighted by atomic mass is 16.5. The molecule has 1 fully saturated rings. The summed E-state index contributed by atoms with van der Waals surface area (Å²) in [6, 6.07) is 15.3. The van der Waals surface area contributed by atoms with Gasteiger partial charge in [0.2, 0.25) is 0 Å². The monoisotopic (exact) mass is 310 g/mol. The summed E-state index contributed by atoms with van der Waals surface area (Å²) in [7, 11) is 0. The van der Waals surface area contributed by atoms with Crippen LogP contribution in [0.15, 0.2) is 42.5 Å². The lowest BCUT2D eigenvalue weighted by molar-refractivity contribution is 0.308. The predicted octanol–water partition coefficient (Wildman–Crippen LogP) is 3.84. The van der Waals surface area contributed by atoms with Gasteiger partial charge in [0.15, 0.2) is 0 Å². The van der Waals surface area contributed by atoms with Crippen molar-refractivity contribution in [2.75, 3.05) is 12.3 Å². The third-order valence-corrected chi connectivity index (χ3v) is 4.20. The first-order chi connectivity index (χ1) is 11.2. The molecule has 0 radical (unpaired) electrons. The molecule has 0 atom stereocenters. The van der Waals surface area contributed by atoms with E-state index in [9.17, 15) is 0 Å². The number of anilines is 1. The summed E-state index contributed by atoms with van der Waals surface area (Å²) >= 11 is 0. The maximum absolute atomic E-state index is 6.14. The van der Waals surface area contributed by atoms with Crippen LogP contribution in [-0.2, 0) is 13.0 Å². The zero-order valence-electron chi connectivity index (χ0n) is 13.8. The van der Waals surface area contributed by atoms with Crippen molar-refractivity contribution in [2.24, 2.45) is 0 Å². The van der Waals surface area contributed by atoms with Crippen molar-refractivity contribution in [1.82, 2.24) is 5.32 Å². The van der Waals surface area contributed by atoms with Gasteiger partial charge in [-0.05, 0) is 62.4 Å². The van der Waals surface area contributed by atoms with E-state index in [0.29, 0.717) is 6.61 Å². The third-order valence-electron chi connectivity index (χ3n) is 4.20. The summed E-state index contributed by atoms with van der Waals surface area (Å²) < 4.78 is 5.86. The lowest BCUT2D eigenvalue weighted by Gasteiger charge is -2.11. The van der Waals surface area contributed by atoms with Crippen LogP contribution < -0.4 is 15.8 Å². The molecular formula is C20H26N2O. The molecule has 0 saturated heterocycles. The van der Waals surface area contributed by atoms with Crippen molar-refractivity contribution in [3.63, 3.8) is 0 Å². The van der Waals surface area contributed by atoms with Gasteiger partial charge in [-0.25, -0.2) is 0 Å². The molecule has 3 heteroatoms. The van der Waals surface area contributed by atoms with Crippen molar-refractivity contribution in [1.29, 1.82) is 0 Å². The summed E-state index contributed by atoms with van der Waals surface area (Å²) in [4.78, 5) is 0. The Morgan fingerprint density at radius 3 is 2.74 bits per heavy atom. The number of nitrogens with one attached hydrogen (secondary N) is 1. The molecule has 3 rings (SSSR count). The number of nitrogen functional groups attached to an aromatic ring is 1. The molecule has 3 N–H and O–H groups in total. The van der Waals surface area contributed by atoms with E-state index in [1.807, 2.05) is 12.1 Å². The van der Waals surface area contributed by atoms with E-state index >= 15 is 0 Å². The summed E-state index contributed by atoms with van der Waals surface area (Å²) in [5, 5.41) is 3.54. The van der Waals surface area contributed by atoms with Crippen molar-refractivity contribution in [2.45, 2.75) is 45.3 Å². The minimum atomic E-state index is 0.552. The van der Waals surface area contributed by atoms with Gasteiger partial charge in [0.05, 0.1) is 5.69 Å². The fourth-order valence-electron chi connectivity index (χ4n) is 2.73. The summed E-state index contributed by atoms with van der Waals surface area (Å²) in [6.07, 6.45) is 4.90. The van der Waals surface area contributed by atoms with Crippen LogP contribution in [0.4, 0.5) is 5.69 Å². The average Bonchev–Trinajstić information content (AvgIpc) is 3.35. The van der Waals surface area contributed by atoms with Crippen molar-refractivity contribution >= 4 is 5.69 Å². The molecule has 0 aromatic heterocycles. The van der Waals surface area contributed by atoms with Crippen LogP contribution in [-0.4, -0.2) is 12.6 Å². The Kier molecular flexibility index (Phi) is 5.19. The molecule has 3 nitrogen and oxygen atoms in total. The van der Waals surface area contributed by atoms with Crippen LogP contribution in [0.25, 0.3) is 0 Å². The van der Waals surface area contributed by atoms with E-state index < -0.39 is 0 Å². The van der Waals surface area contributed by atoms with E-state index in [2.05, 4.69) is 42.6 Å². The quantitative estimate of drug-likeness (QED) is 0.575. The Labute approximate surface area is 138 Å². The van der Waals surface area contributed by atoms with Gasteiger partial charge in [-0.2, -0.15) is 0 Å². The van der Waals surface area contributed by atoms with Crippen LogP contribution >= 0.6 is 0 Å². The van der Waals surface area contributed by atoms with Gasteiger partial charge in [0.1, 0.15) is 12.4 Å². The number of hydrogen-bond donors (Lipinski definition) is 2. The fraction of sp³-hybridized carbons (Fsp3) is 0.400. The summed E-state index contributed by atoms with van der Waals surface area (Å²) in [6.45, 7) is 3.73. The standard InChI is InChI=1S/C20H26N2O/c1-15-4-2-5-17(12-15)14-23-20-10-7-16(13-19(20)21)6-3-11-22-18-8-9-18/h2,4-5,7,10,12-13,18,22H,3,6,8-9,11,14,21H2,1H3. The molecule has 2 aromatic rings. The molecule has 23 heavy (non-hydrogen) atoms. The third kappa shape index (κ3) is 5.00. The Balaban J connectivity index is 1.49. The van der Waals surface area contributed by atoms with Gasteiger partial charge in [0.25, 0.3) is 0 Å². The van der Waals surface area contributed by atoms with Crippen LogP contribution in [0.5, 0.6) is 5.75 Å². The Morgan fingerprint density at radius 2 is 2.00 bits per heavy atom. The normalized spacial score (nSPS) is 14.0. The first-order valence-electron chi connectivity index (χ1n) is 8.51. The van der Waals surface area contributed by atoms with E-state index in [-0.39, 0.29) is 0 Å². The SMILES string of the molecule is Cc1cccc(COc2ccc(CCCNC3CC3)cc2N)c1. The van der Waals surface area contributed by atoms with Crippen LogP contribution in [0.1, 0.15) is 36.0 Å². The fourth-order valence-corrected chi connectivity index (χ4v) is 2.73. The zero-order valence-corrected chi connectivity index (χ0v) is 13.8. The maximum atomic E-state index is 6.14. The van der Waals surface area contributed by atoms with Crippen molar-refractivity contribution in [3.05, 3.63) is 59.2 Å². The molecule has 1 aliphatic rings. The molecule has 0 amide bonds. The molecule has 2 aromatic carbocycles. The Bertz CT molecular complexity index is 650. The lowest BCUT2D eigenvalue weighted by atomic mass is 10.1. The number of aryl methyl sites for hydroxylation is 2. The van der Waals surface area contributed by atoms with E-state index in [1.165, 1.54) is 29.5 Å². The molecule has 0 heterocycles. The zero-order chi connectivity index (χ0) is 16.1. The number of benzene rings is 2. The largest absolute Gasteiger partial charge is 0.487 e. The van der Waals surface area contributed by atoms with Gasteiger partial charge in [-0.3, -0.25) is 0 Å². The van der Waals surface area contributed by atoms with E-state index in [1.54, 1.807) is 0 Å². The molecule has 122 valence electrons. The molecule has 0 unspecified atom stereocenters. The topological polar surface area (TPSA) is 47.3 Å². The summed E-state index contributed by atoms with van der Waals surface area (Å²) in [5.41, 5.74) is 10.6. The number of nitrogens with two attached hydrogens (primary N) is 1. The first kappa shape index (κ1) is 15.9. The van der Waals surface area contributed by atoms with Crippen molar-refractivity contribution in [3.8, 4) is 5.75 Å². The van der Waals surface area contributed by atoms with Crippen LogP contribution in [0, 0.1) is 6.92 Å². The lowest BCUT2D eigenvalue weighted by Crippen LogP contribution is -2.17. The van der Waals surface area contributed by atoms with Gasteiger partial charge in [-0.1, -0.05) is 35.9 Å². The summed E-state index contributed by atoms with van der Waals surface area (Å²) in [5.74, 6) is 0.770. The number of rotatable bonds is 8. The smallest absolute Gasteiger partial charge is 0.142 e. The molecule has 1 aliphatic carbocycles. The molecule has 0 aliphatic heterocycles.